The number of benzene rings is 2. The Labute approximate surface area is 189 Å². The quantitative estimate of drug-likeness (QED) is 0.572. The lowest BCUT2D eigenvalue weighted by atomic mass is 10.1. The van der Waals surface area contributed by atoms with Crippen LogP contribution in [0.3, 0.4) is 0 Å². The van der Waals surface area contributed by atoms with Crippen molar-refractivity contribution in [2.45, 2.75) is 6.92 Å². The second-order valence-corrected chi connectivity index (χ2v) is 7.46. The number of amides is 3. The number of carbonyl (C=O) groups is 3. The molecule has 0 radical (unpaired) electrons. The van der Waals surface area contributed by atoms with Crippen LogP contribution in [0.25, 0.3) is 0 Å². The number of hydrogen-bond donors (Lipinski definition) is 2. The fourth-order valence-corrected chi connectivity index (χ4v) is 2.94. The smallest absolute Gasteiger partial charge is 0.258 e. The summed E-state index contributed by atoms with van der Waals surface area (Å²) in [7, 11) is 1.64. The molecule has 9 heteroatoms. The molecule has 1 heterocycles. The topological polar surface area (TPSA) is 91.4 Å². The molecule has 0 fully saturated rings. The Kier molecular flexibility index (Phi) is 6.89. The fraction of sp³-hybridized carbons (Fsp3) is 0.0909. The number of aromatic nitrogens is 1. The Balaban J connectivity index is 1.80. The van der Waals surface area contributed by atoms with E-state index in [1.54, 1.807) is 55.6 Å². The van der Waals surface area contributed by atoms with E-state index in [1.165, 1.54) is 24.1 Å². The molecule has 2 aromatic carbocycles. The molecule has 2 N–H and O–H groups in total. The molecule has 0 aliphatic heterocycles. The van der Waals surface area contributed by atoms with Gasteiger partial charge < -0.3 is 15.5 Å². The summed E-state index contributed by atoms with van der Waals surface area (Å²) in [5.41, 5.74) is 1.48. The lowest BCUT2D eigenvalue weighted by Crippen LogP contribution is -2.23. The number of pyridine rings is 1. The lowest BCUT2D eigenvalue weighted by molar-refractivity contribution is -0.116. The summed E-state index contributed by atoms with van der Waals surface area (Å²) in [5.74, 6) is -0.731. The Bertz CT molecular complexity index is 1130. The fourth-order valence-electron chi connectivity index (χ4n) is 2.66. The SMILES string of the molecule is CC(=O)N(C)c1ccc(C(=O)Nc2ccc(Cl)cc2C(=O)Nc2ccc(Cl)cn2)cc1. The molecule has 1 aromatic heterocycles. The maximum absolute atomic E-state index is 12.7. The molecule has 7 nitrogen and oxygen atoms in total. The minimum Gasteiger partial charge on any atom is -0.321 e. The van der Waals surface area contributed by atoms with E-state index in [0.717, 1.165) is 0 Å². The summed E-state index contributed by atoms with van der Waals surface area (Å²) in [6.07, 6.45) is 1.41. The van der Waals surface area contributed by atoms with Gasteiger partial charge in [-0.15, -0.1) is 0 Å². The van der Waals surface area contributed by atoms with Gasteiger partial charge in [-0.3, -0.25) is 14.4 Å². The molecular formula is C22H18Cl2N4O3. The number of carbonyl (C=O) groups excluding carboxylic acids is 3. The van der Waals surface area contributed by atoms with E-state index in [2.05, 4.69) is 15.6 Å². The minimum atomic E-state index is -0.494. The molecule has 3 amide bonds. The molecule has 0 atom stereocenters. The van der Waals surface area contributed by atoms with Crippen molar-refractivity contribution in [1.29, 1.82) is 0 Å². The maximum atomic E-state index is 12.7. The van der Waals surface area contributed by atoms with Crippen LogP contribution in [-0.4, -0.2) is 29.8 Å². The van der Waals surface area contributed by atoms with Gasteiger partial charge in [0.1, 0.15) is 5.82 Å². The van der Waals surface area contributed by atoms with Crippen LogP contribution in [0.1, 0.15) is 27.6 Å². The van der Waals surface area contributed by atoms with E-state index < -0.39 is 11.8 Å². The second-order valence-electron chi connectivity index (χ2n) is 6.58. The van der Waals surface area contributed by atoms with Crippen molar-refractivity contribution in [2.24, 2.45) is 0 Å². The zero-order chi connectivity index (χ0) is 22.5. The van der Waals surface area contributed by atoms with Crippen molar-refractivity contribution < 1.29 is 14.4 Å². The molecule has 0 aliphatic rings. The van der Waals surface area contributed by atoms with Crippen LogP contribution in [0.2, 0.25) is 10.0 Å². The van der Waals surface area contributed by atoms with Crippen molar-refractivity contribution in [2.75, 3.05) is 22.6 Å². The highest BCUT2D eigenvalue weighted by Crippen LogP contribution is 2.23. The zero-order valence-corrected chi connectivity index (χ0v) is 18.2. The molecule has 0 bridgehead atoms. The molecule has 3 rings (SSSR count). The first-order chi connectivity index (χ1) is 14.7. The van der Waals surface area contributed by atoms with Crippen LogP contribution in [0.15, 0.2) is 60.8 Å². The van der Waals surface area contributed by atoms with Crippen LogP contribution in [-0.2, 0) is 4.79 Å². The second kappa shape index (κ2) is 9.59. The van der Waals surface area contributed by atoms with Gasteiger partial charge >= 0.3 is 0 Å². The lowest BCUT2D eigenvalue weighted by Gasteiger charge is -2.15. The van der Waals surface area contributed by atoms with Crippen LogP contribution in [0, 0.1) is 0 Å². The highest BCUT2D eigenvalue weighted by atomic mass is 35.5. The molecular weight excluding hydrogens is 439 g/mol. The van der Waals surface area contributed by atoms with E-state index in [-0.39, 0.29) is 17.2 Å². The largest absolute Gasteiger partial charge is 0.321 e. The highest BCUT2D eigenvalue weighted by molar-refractivity contribution is 6.31. The molecule has 0 saturated carbocycles. The first-order valence-corrected chi connectivity index (χ1v) is 9.88. The van der Waals surface area contributed by atoms with Crippen LogP contribution in [0.5, 0.6) is 0 Å². The third-order valence-corrected chi connectivity index (χ3v) is 4.89. The number of hydrogen-bond acceptors (Lipinski definition) is 4. The normalized spacial score (nSPS) is 10.3. The van der Waals surface area contributed by atoms with E-state index >= 15 is 0 Å². The van der Waals surface area contributed by atoms with Crippen LogP contribution < -0.4 is 15.5 Å². The van der Waals surface area contributed by atoms with Crippen molar-refractivity contribution in [3.8, 4) is 0 Å². The Morgan fingerprint density at radius 3 is 2.16 bits per heavy atom. The summed E-state index contributed by atoms with van der Waals surface area (Å²) < 4.78 is 0. The molecule has 0 saturated heterocycles. The van der Waals surface area contributed by atoms with Gasteiger partial charge in [0.05, 0.1) is 16.3 Å². The predicted octanol–water partition coefficient (Wildman–Crippen LogP) is 4.88. The van der Waals surface area contributed by atoms with E-state index in [1.807, 2.05) is 0 Å². The third kappa shape index (κ3) is 5.59. The average molecular weight is 457 g/mol. The van der Waals surface area contributed by atoms with Gasteiger partial charge in [-0.25, -0.2) is 4.98 Å². The van der Waals surface area contributed by atoms with Gasteiger partial charge in [-0.1, -0.05) is 23.2 Å². The summed E-state index contributed by atoms with van der Waals surface area (Å²) in [6, 6.07) is 14.2. The molecule has 0 unspecified atom stereocenters. The molecule has 3 aromatic rings. The molecule has 158 valence electrons. The van der Waals surface area contributed by atoms with E-state index in [4.69, 9.17) is 23.2 Å². The summed E-state index contributed by atoms with van der Waals surface area (Å²) >= 11 is 11.9. The first kappa shape index (κ1) is 22.3. The molecule has 0 spiro atoms. The first-order valence-electron chi connectivity index (χ1n) is 9.13. The molecule has 0 aliphatic carbocycles. The Hall–Kier alpha value is -3.42. The Morgan fingerprint density at radius 2 is 1.55 bits per heavy atom. The number of rotatable bonds is 5. The highest BCUT2D eigenvalue weighted by Gasteiger charge is 2.16. The van der Waals surface area contributed by atoms with Gasteiger partial charge in [-0.2, -0.15) is 0 Å². The van der Waals surface area contributed by atoms with Crippen molar-refractivity contribution in [3.63, 3.8) is 0 Å². The van der Waals surface area contributed by atoms with E-state index in [9.17, 15) is 14.4 Å². The Morgan fingerprint density at radius 1 is 0.871 bits per heavy atom. The minimum absolute atomic E-state index is 0.121. The summed E-state index contributed by atoms with van der Waals surface area (Å²) in [6.45, 7) is 1.45. The van der Waals surface area contributed by atoms with Crippen LogP contribution in [0.4, 0.5) is 17.2 Å². The van der Waals surface area contributed by atoms with Crippen molar-refractivity contribution in [3.05, 3.63) is 82.0 Å². The number of anilines is 3. The predicted molar refractivity (Wildman–Crippen MR) is 122 cm³/mol. The molecule has 31 heavy (non-hydrogen) atoms. The van der Waals surface area contributed by atoms with Gasteiger partial charge in [0.15, 0.2) is 0 Å². The van der Waals surface area contributed by atoms with Crippen molar-refractivity contribution >= 4 is 58.1 Å². The van der Waals surface area contributed by atoms with Gasteiger partial charge in [0, 0.05) is 36.4 Å². The van der Waals surface area contributed by atoms with E-state index in [0.29, 0.717) is 27.1 Å². The maximum Gasteiger partial charge on any atom is 0.258 e. The number of nitrogens with one attached hydrogen (secondary N) is 2. The van der Waals surface area contributed by atoms with Gasteiger partial charge in [0.2, 0.25) is 5.91 Å². The standard InChI is InChI=1S/C22H18Cl2N4O3/c1-13(29)28(2)17-7-3-14(4-8-17)21(30)26-19-9-5-15(23)11-18(19)22(31)27-20-10-6-16(24)12-25-20/h3-12H,1-2H3,(H,26,30)(H,25,27,31). The summed E-state index contributed by atoms with van der Waals surface area (Å²) in [5, 5.41) is 6.14. The number of halogens is 2. The average Bonchev–Trinajstić information content (AvgIpc) is 2.76. The monoisotopic (exact) mass is 456 g/mol. The number of nitrogens with zero attached hydrogens (tertiary/aromatic N) is 2. The van der Waals surface area contributed by atoms with Gasteiger partial charge in [0.25, 0.3) is 11.8 Å². The zero-order valence-electron chi connectivity index (χ0n) is 16.6. The van der Waals surface area contributed by atoms with Crippen molar-refractivity contribution in [1.82, 2.24) is 4.98 Å². The third-order valence-electron chi connectivity index (χ3n) is 4.43. The van der Waals surface area contributed by atoms with Crippen LogP contribution >= 0.6 is 23.2 Å². The summed E-state index contributed by atoms with van der Waals surface area (Å²) in [4.78, 5) is 42.4. The van der Waals surface area contributed by atoms with Gasteiger partial charge in [-0.05, 0) is 54.6 Å².